The summed E-state index contributed by atoms with van der Waals surface area (Å²) in [5.41, 5.74) is 0.959. The number of methoxy groups -OCH3 is 1. The van der Waals surface area contributed by atoms with Gasteiger partial charge in [-0.05, 0) is 22.8 Å². The smallest absolute Gasteiger partial charge is 0.239 e. The van der Waals surface area contributed by atoms with Crippen LogP contribution in [0.2, 0.25) is 0 Å². The largest absolute Gasteiger partial charge is 0.385 e. The second-order valence-electron chi connectivity index (χ2n) is 5.29. The molecule has 2 amide bonds. The van der Waals surface area contributed by atoms with Crippen molar-refractivity contribution in [2.45, 2.75) is 12.8 Å². The number of carbonyl (C=O) groups excluding carboxylic acids is 2. The highest BCUT2D eigenvalue weighted by Gasteiger charge is 2.08. The fraction of sp³-hybridized carbons (Fsp3) is 0.333. The minimum Gasteiger partial charge on any atom is -0.385 e. The zero-order valence-electron chi connectivity index (χ0n) is 13.3. The minimum absolute atomic E-state index is 0.00339. The van der Waals surface area contributed by atoms with E-state index >= 15 is 0 Å². The Hall–Kier alpha value is -2.40. The molecule has 2 N–H and O–H groups in total. The second-order valence-corrected chi connectivity index (χ2v) is 5.29. The summed E-state index contributed by atoms with van der Waals surface area (Å²) in [4.78, 5) is 23.6. The van der Waals surface area contributed by atoms with Gasteiger partial charge in [-0.2, -0.15) is 0 Å². The van der Waals surface area contributed by atoms with Crippen molar-refractivity contribution in [2.24, 2.45) is 0 Å². The van der Waals surface area contributed by atoms with E-state index in [4.69, 9.17) is 4.74 Å². The normalized spacial score (nSPS) is 10.5. The van der Waals surface area contributed by atoms with Gasteiger partial charge in [-0.3, -0.25) is 9.59 Å². The maximum absolute atomic E-state index is 12.0. The third kappa shape index (κ3) is 5.38. The first kappa shape index (κ1) is 17.0. The third-order valence-electron chi connectivity index (χ3n) is 3.52. The molecule has 0 aliphatic rings. The summed E-state index contributed by atoms with van der Waals surface area (Å²) in [6.07, 6.45) is 1.02. The van der Waals surface area contributed by atoms with Crippen LogP contribution in [0.25, 0.3) is 10.8 Å². The van der Waals surface area contributed by atoms with Crippen molar-refractivity contribution in [3.8, 4) is 0 Å². The molecule has 2 rings (SSSR count). The van der Waals surface area contributed by atoms with Crippen molar-refractivity contribution in [3.05, 3.63) is 48.0 Å². The van der Waals surface area contributed by atoms with Crippen molar-refractivity contribution in [3.63, 3.8) is 0 Å². The summed E-state index contributed by atoms with van der Waals surface area (Å²) >= 11 is 0. The van der Waals surface area contributed by atoms with Crippen LogP contribution in [-0.4, -0.2) is 38.6 Å². The molecule has 0 unspecified atom stereocenters. The van der Waals surface area contributed by atoms with E-state index in [-0.39, 0.29) is 24.8 Å². The quantitative estimate of drug-likeness (QED) is 0.728. The molecule has 0 heterocycles. The van der Waals surface area contributed by atoms with E-state index in [1.807, 2.05) is 42.5 Å². The third-order valence-corrected chi connectivity index (χ3v) is 3.52. The van der Waals surface area contributed by atoms with Crippen LogP contribution in [-0.2, 0) is 20.7 Å². The zero-order valence-corrected chi connectivity index (χ0v) is 13.3. The molecule has 0 bridgehead atoms. The van der Waals surface area contributed by atoms with Crippen LogP contribution < -0.4 is 10.6 Å². The van der Waals surface area contributed by atoms with Crippen molar-refractivity contribution in [2.75, 3.05) is 26.8 Å². The molecule has 0 fully saturated rings. The SMILES string of the molecule is COCCCNC(=O)CNC(=O)Cc1cccc2ccccc12. The maximum atomic E-state index is 12.0. The van der Waals surface area contributed by atoms with Crippen molar-refractivity contribution in [1.82, 2.24) is 10.6 Å². The number of carbonyl (C=O) groups is 2. The van der Waals surface area contributed by atoms with Gasteiger partial charge in [-0.1, -0.05) is 42.5 Å². The van der Waals surface area contributed by atoms with Crippen LogP contribution in [0.5, 0.6) is 0 Å². The van der Waals surface area contributed by atoms with Gasteiger partial charge in [0.25, 0.3) is 0 Å². The van der Waals surface area contributed by atoms with Crippen molar-refractivity contribution >= 4 is 22.6 Å². The van der Waals surface area contributed by atoms with Gasteiger partial charge in [0, 0.05) is 20.3 Å². The van der Waals surface area contributed by atoms with E-state index in [2.05, 4.69) is 10.6 Å². The Labute approximate surface area is 136 Å². The van der Waals surface area contributed by atoms with E-state index in [0.717, 1.165) is 22.8 Å². The fourth-order valence-corrected chi connectivity index (χ4v) is 2.37. The first-order valence-electron chi connectivity index (χ1n) is 7.69. The number of fused-ring (bicyclic) bond motifs is 1. The zero-order chi connectivity index (χ0) is 16.5. The van der Waals surface area contributed by atoms with Gasteiger partial charge in [0.05, 0.1) is 13.0 Å². The minimum atomic E-state index is -0.188. The lowest BCUT2D eigenvalue weighted by molar-refractivity contribution is -0.125. The summed E-state index contributed by atoms with van der Waals surface area (Å²) in [5.74, 6) is -0.347. The lowest BCUT2D eigenvalue weighted by atomic mass is 10.0. The molecule has 2 aromatic carbocycles. The Bertz CT molecular complexity index is 665. The van der Waals surface area contributed by atoms with Gasteiger partial charge in [-0.25, -0.2) is 0 Å². The molecule has 0 aliphatic carbocycles. The first-order chi connectivity index (χ1) is 11.2. The van der Waals surface area contributed by atoms with Gasteiger partial charge in [0.1, 0.15) is 0 Å². The first-order valence-corrected chi connectivity index (χ1v) is 7.69. The van der Waals surface area contributed by atoms with Crippen LogP contribution in [0.4, 0.5) is 0 Å². The van der Waals surface area contributed by atoms with Gasteiger partial charge in [0.2, 0.25) is 11.8 Å². The predicted molar refractivity (Wildman–Crippen MR) is 90.2 cm³/mol. The van der Waals surface area contributed by atoms with Crippen molar-refractivity contribution < 1.29 is 14.3 Å². The van der Waals surface area contributed by atoms with Gasteiger partial charge < -0.3 is 15.4 Å². The molecule has 5 heteroatoms. The van der Waals surface area contributed by atoms with Crippen molar-refractivity contribution in [1.29, 1.82) is 0 Å². The molecular weight excluding hydrogens is 292 g/mol. The molecule has 0 radical (unpaired) electrons. The number of hydrogen-bond donors (Lipinski definition) is 2. The summed E-state index contributed by atoms with van der Waals surface area (Å²) < 4.78 is 4.90. The Morgan fingerprint density at radius 1 is 1.00 bits per heavy atom. The van der Waals surface area contributed by atoms with E-state index in [1.54, 1.807) is 7.11 Å². The molecule has 0 saturated heterocycles. The van der Waals surface area contributed by atoms with E-state index in [1.165, 1.54) is 0 Å². The maximum Gasteiger partial charge on any atom is 0.239 e. The number of amides is 2. The molecule has 5 nitrogen and oxygen atoms in total. The summed E-state index contributed by atoms with van der Waals surface area (Å²) in [6.45, 7) is 1.15. The van der Waals surface area contributed by atoms with Crippen LogP contribution in [0.15, 0.2) is 42.5 Å². The van der Waals surface area contributed by atoms with E-state index in [9.17, 15) is 9.59 Å². The highest BCUT2D eigenvalue weighted by atomic mass is 16.5. The van der Waals surface area contributed by atoms with Crippen LogP contribution in [0, 0.1) is 0 Å². The molecule has 122 valence electrons. The summed E-state index contributed by atoms with van der Waals surface area (Å²) in [7, 11) is 1.62. The van der Waals surface area contributed by atoms with Gasteiger partial charge in [0.15, 0.2) is 0 Å². The molecule has 23 heavy (non-hydrogen) atoms. The average molecular weight is 314 g/mol. The monoisotopic (exact) mass is 314 g/mol. The highest BCUT2D eigenvalue weighted by molar-refractivity contribution is 5.91. The standard InChI is InChI=1S/C18H22N2O3/c1-23-11-5-10-19-18(22)13-20-17(21)12-15-8-4-7-14-6-2-3-9-16(14)15/h2-4,6-9H,5,10-13H2,1H3,(H,19,22)(H,20,21). The fourth-order valence-electron chi connectivity index (χ4n) is 2.37. The average Bonchev–Trinajstić information content (AvgIpc) is 2.57. The van der Waals surface area contributed by atoms with Crippen LogP contribution >= 0.6 is 0 Å². The van der Waals surface area contributed by atoms with Gasteiger partial charge in [-0.15, -0.1) is 0 Å². The summed E-state index contributed by atoms with van der Waals surface area (Å²) in [5, 5.41) is 7.56. The Morgan fingerprint density at radius 3 is 2.61 bits per heavy atom. The molecular formula is C18H22N2O3. The second kappa shape index (κ2) is 8.90. The van der Waals surface area contributed by atoms with E-state index in [0.29, 0.717) is 13.2 Å². The Balaban J connectivity index is 1.81. The molecule has 2 aromatic rings. The summed E-state index contributed by atoms with van der Waals surface area (Å²) in [6, 6.07) is 13.8. The van der Waals surface area contributed by atoms with E-state index < -0.39 is 0 Å². The Kier molecular flexibility index (Phi) is 6.56. The lowest BCUT2D eigenvalue weighted by Gasteiger charge is -2.08. The Morgan fingerprint density at radius 2 is 1.78 bits per heavy atom. The van der Waals surface area contributed by atoms with Gasteiger partial charge >= 0.3 is 0 Å². The number of hydrogen-bond acceptors (Lipinski definition) is 3. The van der Waals surface area contributed by atoms with Crippen LogP contribution in [0.1, 0.15) is 12.0 Å². The highest BCUT2D eigenvalue weighted by Crippen LogP contribution is 2.18. The number of benzene rings is 2. The molecule has 0 aliphatic heterocycles. The molecule has 0 saturated carbocycles. The number of nitrogens with one attached hydrogen (secondary N) is 2. The predicted octanol–water partition coefficient (Wildman–Crippen LogP) is 1.65. The molecule has 0 atom stereocenters. The molecule has 0 aromatic heterocycles. The number of rotatable bonds is 8. The molecule has 0 spiro atoms. The topological polar surface area (TPSA) is 67.4 Å². The number of ether oxygens (including phenoxy) is 1. The lowest BCUT2D eigenvalue weighted by Crippen LogP contribution is -2.38. The van der Waals surface area contributed by atoms with Crippen LogP contribution in [0.3, 0.4) is 0 Å².